The summed E-state index contributed by atoms with van der Waals surface area (Å²) in [7, 11) is 0. The molecule has 2 aromatic carbocycles. The third-order valence-electron chi connectivity index (χ3n) is 8.36. The molecule has 1 saturated carbocycles. The minimum atomic E-state index is -0.777. The van der Waals surface area contributed by atoms with Crippen LogP contribution < -0.4 is 14.8 Å². The molecule has 1 aliphatic heterocycles. The number of amides is 1. The normalized spacial score (nSPS) is 26.0. The smallest absolute Gasteiger partial charge is 0.233 e. The van der Waals surface area contributed by atoms with E-state index < -0.39 is 5.41 Å². The van der Waals surface area contributed by atoms with Crippen molar-refractivity contribution in [1.29, 1.82) is 0 Å². The predicted molar refractivity (Wildman–Crippen MR) is 126 cm³/mol. The number of ether oxygens (including phenoxy) is 2. The third kappa shape index (κ3) is 2.59. The number of nitrogens with one attached hydrogen (secondary N) is 1. The molecule has 0 radical (unpaired) electrons. The fourth-order valence-electron chi connectivity index (χ4n) is 5.99. The van der Waals surface area contributed by atoms with Crippen molar-refractivity contribution < 1.29 is 14.3 Å². The van der Waals surface area contributed by atoms with Crippen molar-refractivity contribution in [3.63, 3.8) is 0 Å². The monoisotopic (exact) mass is 483 g/mol. The van der Waals surface area contributed by atoms with Crippen LogP contribution in [0.1, 0.15) is 50.6 Å². The molecule has 2 atom stereocenters. The summed E-state index contributed by atoms with van der Waals surface area (Å²) in [4.78, 5) is 23.9. The molecule has 33 heavy (non-hydrogen) atoms. The molecular formula is C25H23Cl2N3O3. The van der Waals surface area contributed by atoms with Crippen LogP contribution in [-0.2, 0) is 22.2 Å². The maximum atomic E-state index is 13.9. The number of hydrogen-bond acceptors (Lipinski definition) is 5. The number of rotatable bonds is 3. The Morgan fingerprint density at radius 1 is 0.970 bits per heavy atom. The number of benzene rings is 2. The number of fused-ring (bicyclic) bond motifs is 7. The minimum absolute atomic E-state index is 0.0265. The molecule has 1 amide bonds. The van der Waals surface area contributed by atoms with Crippen molar-refractivity contribution in [2.24, 2.45) is 5.41 Å². The van der Waals surface area contributed by atoms with E-state index in [-0.39, 0.29) is 23.5 Å². The summed E-state index contributed by atoms with van der Waals surface area (Å²) < 4.78 is 10.9. The topological polar surface area (TPSA) is 73.3 Å². The lowest BCUT2D eigenvalue weighted by Gasteiger charge is -2.39. The highest BCUT2D eigenvalue weighted by atomic mass is 35.5. The summed E-state index contributed by atoms with van der Waals surface area (Å²) in [5, 5.41) is 4.05. The summed E-state index contributed by atoms with van der Waals surface area (Å²) in [6.07, 6.45) is 1.59. The molecule has 2 aliphatic carbocycles. The van der Waals surface area contributed by atoms with Crippen LogP contribution in [0.2, 0.25) is 10.0 Å². The van der Waals surface area contributed by atoms with Crippen molar-refractivity contribution >= 4 is 40.1 Å². The van der Waals surface area contributed by atoms with Crippen molar-refractivity contribution in [2.45, 2.75) is 51.0 Å². The van der Waals surface area contributed by atoms with E-state index in [1.807, 2.05) is 18.2 Å². The number of carbonyl (C=O) groups excluding carboxylic acids is 1. The summed E-state index contributed by atoms with van der Waals surface area (Å²) in [6.45, 7) is 7.13. The molecule has 1 N–H and O–H groups in total. The van der Waals surface area contributed by atoms with Gasteiger partial charge in [-0.3, -0.25) is 4.79 Å². The second-order valence-electron chi connectivity index (χ2n) is 9.91. The standard InChI is InChI=1S/C25H23Cl2N3O3/c1-23(2)24(3)6-7-25(23,21-20(24)29-16-9-14(26)15(27)10-17(16)30-21)22(31)28-11-13-4-5-18-19(8-13)33-12-32-18/h4-5,8-10H,6-7,11-12H2,1-3H3,(H,28,31). The van der Waals surface area contributed by atoms with E-state index in [2.05, 4.69) is 26.1 Å². The Labute approximate surface area is 201 Å². The van der Waals surface area contributed by atoms with Crippen LogP contribution >= 0.6 is 23.2 Å². The highest BCUT2D eigenvalue weighted by Crippen LogP contribution is 2.70. The van der Waals surface area contributed by atoms with Crippen LogP contribution in [0.4, 0.5) is 0 Å². The minimum Gasteiger partial charge on any atom is -0.454 e. The van der Waals surface area contributed by atoms with Crippen molar-refractivity contribution in [3.05, 3.63) is 57.3 Å². The number of carbonyl (C=O) groups is 1. The van der Waals surface area contributed by atoms with Gasteiger partial charge in [-0.05, 0) is 48.1 Å². The molecule has 0 saturated heterocycles. The average molecular weight is 484 g/mol. The van der Waals surface area contributed by atoms with E-state index >= 15 is 0 Å². The Kier molecular flexibility index (Phi) is 4.29. The zero-order valence-corrected chi connectivity index (χ0v) is 20.1. The number of aromatic nitrogens is 2. The molecule has 2 unspecified atom stereocenters. The predicted octanol–water partition coefficient (Wildman–Crippen LogP) is 5.31. The van der Waals surface area contributed by atoms with Crippen LogP contribution in [0.25, 0.3) is 11.0 Å². The Balaban J connectivity index is 1.41. The zero-order chi connectivity index (χ0) is 23.2. The van der Waals surface area contributed by atoms with Crippen molar-refractivity contribution in [3.8, 4) is 11.5 Å². The Morgan fingerprint density at radius 3 is 2.36 bits per heavy atom. The fourth-order valence-corrected chi connectivity index (χ4v) is 6.30. The largest absolute Gasteiger partial charge is 0.454 e. The Bertz CT molecular complexity index is 1360. The quantitative estimate of drug-likeness (QED) is 0.546. The van der Waals surface area contributed by atoms with Crippen molar-refractivity contribution in [2.75, 3.05) is 6.79 Å². The average Bonchev–Trinajstić information content (AvgIpc) is 3.37. The Morgan fingerprint density at radius 2 is 1.64 bits per heavy atom. The highest BCUT2D eigenvalue weighted by Gasteiger charge is 2.73. The molecule has 6 rings (SSSR count). The lowest BCUT2D eigenvalue weighted by molar-refractivity contribution is -0.130. The molecular weight excluding hydrogens is 461 g/mol. The summed E-state index contributed by atoms with van der Waals surface area (Å²) >= 11 is 12.5. The van der Waals surface area contributed by atoms with E-state index in [4.69, 9.17) is 42.6 Å². The van der Waals surface area contributed by atoms with Crippen LogP contribution in [0.5, 0.6) is 11.5 Å². The van der Waals surface area contributed by atoms with Crippen molar-refractivity contribution in [1.82, 2.24) is 15.3 Å². The summed E-state index contributed by atoms with van der Waals surface area (Å²) in [6, 6.07) is 9.20. The van der Waals surface area contributed by atoms with Crippen LogP contribution in [-0.4, -0.2) is 22.7 Å². The lowest BCUT2D eigenvalue weighted by Crippen LogP contribution is -2.51. The van der Waals surface area contributed by atoms with Gasteiger partial charge in [-0.15, -0.1) is 0 Å². The molecule has 170 valence electrons. The van der Waals surface area contributed by atoms with Crippen LogP contribution in [0, 0.1) is 5.41 Å². The molecule has 3 aliphatic rings. The van der Waals surface area contributed by atoms with Gasteiger partial charge in [0.05, 0.1) is 37.9 Å². The van der Waals surface area contributed by atoms with Gasteiger partial charge in [-0.25, -0.2) is 9.97 Å². The first kappa shape index (κ1) is 21.0. The summed E-state index contributed by atoms with van der Waals surface area (Å²) in [5.41, 5.74) is 2.53. The first-order valence-corrected chi connectivity index (χ1v) is 11.8. The highest BCUT2D eigenvalue weighted by molar-refractivity contribution is 6.42. The maximum Gasteiger partial charge on any atom is 0.233 e. The molecule has 0 spiro atoms. The number of nitrogens with zero attached hydrogens (tertiary/aromatic N) is 2. The van der Waals surface area contributed by atoms with E-state index in [0.29, 0.717) is 33.4 Å². The zero-order valence-electron chi connectivity index (χ0n) is 18.6. The molecule has 2 bridgehead atoms. The molecule has 1 aromatic heterocycles. The second kappa shape index (κ2) is 6.73. The first-order chi connectivity index (χ1) is 15.7. The molecule has 1 fully saturated rings. The molecule has 3 aromatic rings. The van der Waals surface area contributed by atoms with Crippen LogP contribution in [0.3, 0.4) is 0 Å². The maximum absolute atomic E-state index is 13.9. The van der Waals surface area contributed by atoms with Gasteiger partial charge in [-0.2, -0.15) is 0 Å². The van der Waals surface area contributed by atoms with E-state index in [9.17, 15) is 4.79 Å². The van der Waals surface area contributed by atoms with Gasteiger partial charge < -0.3 is 14.8 Å². The Hall–Kier alpha value is -2.57. The van der Waals surface area contributed by atoms with Gasteiger partial charge in [0.2, 0.25) is 12.7 Å². The molecule has 6 nitrogen and oxygen atoms in total. The van der Waals surface area contributed by atoms with E-state index in [0.717, 1.165) is 35.5 Å². The SMILES string of the molecule is CC12CCC(C(=O)NCc3ccc4c(c3)OCO4)(c3nc4cc(Cl)c(Cl)cc4nc31)C2(C)C. The van der Waals surface area contributed by atoms with Gasteiger partial charge in [0.15, 0.2) is 11.5 Å². The van der Waals surface area contributed by atoms with Gasteiger partial charge in [-0.1, -0.05) is 50.0 Å². The van der Waals surface area contributed by atoms with Gasteiger partial charge >= 0.3 is 0 Å². The third-order valence-corrected chi connectivity index (χ3v) is 9.08. The van der Waals surface area contributed by atoms with E-state index in [1.165, 1.54) is 0 Å². The van der Waals surface area contributed by atoms with Crippen LogP contribution in [0.15, 0.2) is 30.3 Å². The van der Waals surface area contributed by atoms with Gasteiger partial charge in [0.25, 0.3) is 0 Å². The molecule has 8 heteroatoms. The molecule has 2 heterocycles. The summed E-state index contributed by atoms with van der Waals surface area (Å²) in [5.74, 6) is 1.40. The first-order valence-electron chi connectivity index (χ1n) is 11.0. The number of halogens is 2. The second-order valence-corrected chi connectivity index (χ2v) is 10.7. The fraction of sp³-hybridized carbons (Fsp3) is 0.400. The van der Waals surface area contributed by atoms with E-state index in [1.54, 1.807) is 12.1 Å². The number of hydrogen-bond donors (Lipinski definition) is 1. The van der Waals surface area contributed by atoms with Gasteiger partial charge in [0, 0.05) is 12.0 Å². The van der Waals surface area contributed by atoms with Gasteiger partial charge in [0.1, 0.15) is 0 Å². The lowest BCUT2D eigenvalue weighted by atomic mass is 9.63.